The van der Waals surface area contributed by atoms with Gasteiger partial charge in [-0.3, -0.25) is 0 Å². The highest BCUT2D eigenvalue weighted by Crippen LogP contribution is 2.36. The molecular weight excluding hydrogens is 272 g/mol. The van der Waals surface area contributed by atoms with E-state index in [0.717, 1.165) is 48.1 Å². The quantitative estimate of drug-likeness (QED) is 0.731. The summed E-state index contributed by atoms with van der Waals surface area (Å²) < 4.78 is 8.10. The lowest BCUT2D eigenvalue weighted by molar-refractivity contribution is 0.320. The molecule has 0 spiro atoms. The number of fused-ring (bicyclic) bond motifs is 1. The van der Waals surface area contributed by atoms with Crippen molar-refractivity contribution in [3.05, 3.63) is 24.0 Å². The number of rotatable bonds is 6. The van der Waals surface area contributed by atoms with Gasteiger partial charge in [0.2, 0.25) is 0 Å². The van der Waals surface area contributed by atoms with Gasteiger partial charge in [0.15, 0.2) is 0 Å². The van der Waals surface area contributed by atoms with Crippen LogP contribution in [0.1, 0.15) is 44.3 Å². The second-order valence-corrected chi connectivity index (χ2v) is 6.27. The molecule has 2 aromatic rings. The first-order valence-corrected chi connectivity index (χ1v) is 7.90. The summed E-state index contributed by atoms with van der Waals surface area (Å²) in [6.07, 6.45) is 3.64. The van der Waals surface area contributed by atoms with Gasteiger partial charge in [0.1, 0.15) is 17.1 Å². The van der Waals surface area contributed by atoms with Crippen molar-refractivity contribution < 1.29 is 4.74 Å². The molecule has 1 aliphatic rings. The molecule has 0 radical (unpaired) electrons. The lowest BCUT2D eigenvalue weighted by Crippen LogP contribution is -2.05. The normalized spacial score (nSPS) is 16.6. The Hall–Kier alpha value is -1.22. The molecule has 1 fully saturated rings. The number of hydrogen-bond donors (Lipinski definition) is 0. The minimum atomic E-state index is -0.0832. The summed E-state index contributed by atoms with van der Waals surface area (Å²) in [5.41, 5.74) is 2.09. The van der Waals surface area contributed by atoms with Crippen LogP contribution in [0.5, 0.6) is 5.75 Å². The molecule has 1 heterocycles. The molecule has 1 saturated carbocycles. The maximum atomic E-state index is 6.32. The number of ether oxygens (including phenoxy) is 1. The van der Waals surface area contributed by atoms with E-state index in [1.807, 2.05) is 19.1 Å². The van der Waals surface area contributed by atoms with Crippen molar-refractivity contribution in [3.8, 4) is 5.75 Å². The first kappa shape index (κ1) is 13.7. The van der Waals surface area contributed by atoms with E-state index in [-0.39, 0.29) is 5.38 Å². The standard InChI is InChI=1S/C16H21ClN2O/c1-3-9-20-14-6-4-5-13-15(14)18-16(11(2)17)19(13)10-12-7-8-12/h4-6,11-12H,3,7-10H2,1-2H3. The van der Waals surface area contributed by atoms with Gasteiger partial charge in [-0.2, -0.15) is 0 Å². The summed E-state index contributed by atoms with van der Waals surface area (Å²) in [6.45, 7) is 5.84. The Kier molecular flexibility index (Phi) is 3.88. The SMILES string of the molecule is CCCOc1cccc2c1nc(C(C)Cl)n2CC1CC1. The van der Waals surface area contributed by atoms with Crippen molar-refractivity contribution in [1.29, 1.82) is 0 Å². The fourth-order valence-corrected chi connectivity index (χ4v) is 2.69. The van der Waals surface area contributed by atoms with Crippen molar-refractivity contribution in [3.63, 3.8) is 0 Å². The van der Waals surface area contributed by atoms with Crippen LogP contribution in [0, 0.1) is 5.92 Å². The van der Waals surface area contributed by atoms with E-state index >= 15 is 0 Å². The molecule has 0 amide bonds. The first-order valence-electron chi connectivity index (χ1n) is 7.46. The zero-order valence-electron chi connectivity index (χ0n) is 12.1. The van der Waals surface area contributed by atoms with Gasteiger partial charge in [0.25, 0.3) is 0 Å². The maximum absolute atomic E-state index is 6.32. The van der Waals surface area contributed by atoms with E-state index in [2.05, 4.69) is 17.6 Å². The molecular formula is C16H21ClN2O. The van der Waals surface area contributed by atoms with Gasteiger partial charge in [-0.15, -0.1) is 11.6 Å². The third-order valence-electron chi connectivity index (χ3n) is 3.73. The Morgan fingerprint density at radius 2 is 2.25 bits per heavy atom. The van der Waals surface area contributed by atoms with Crippen LogP contribution in [0.3, 0.4) is 0 Å². The molecule has 1 atom stereocenters. The van der Waals surface area contributed by atoms with Crippen molar-refractivity contribution in [2.75, 3.05) is 6.61 Å². The highest BCUT2D eigenvalue weighted by molar-refractivity contribution is 6.20. The second kappa shape index (κ2) is 5.65. The molecule has 3 rings (SSSR count). The molecule has 20 heavy (non-hydrogen) atoms. The minimum Gasteiger partial charge on any atom is -0.491 e. The van der Waals surface area contributed by atoms with Crippen LogP contribution in [-0.4, -0.2) is 16.2 Å². The maximum Gasteiger partial charge on any atom is 0.147 e. The third kappa shape index (κ3) is 2.64. The van der Waals surface area contributed by atoms with Gasteiger partial charge < -0.3 is 9.30 Å². The Labute approximate surface area is 124 Å². The number of benzene rings is 1. The van der Waals surface area contributed by atoms with Gasteiger partial charge in [-0.05, 0) is 44.2 Å². The average molecular weight is 293 g/mol. The molecule has 108 valence electrons. The van der Waals surface area contributed by atoms with E-state index in [9.17, 15) is 0 Å². The van der Waals surface area contributed by atoms with E-state index in [1.165, 1.54) is 12.8 Å². The minimum absolute atomic E-state index is 0.0832. The first-order chi connectivity index (χ1) is 9.70. The number of halogens is 1. The highest BCUT2D eigenvalue weighted by atomic mass is 35.5. The monoisotopic (exact) mass is 292 g/mol. The third-order valence-corrected chi connectivity index (χ3v) is 3.92. The van der Waals surface area contributed by atoms with E-state index < -0.39 is 0 Å². The van der Waals surface area contributed by atoms with Crippen LogP contribution < -0.4 is 4.74 Å². The van der Waals surface area contributed by atoms with Gasteiger partial charge >= 0.3 is 0 Å². The summed E-state index contributed by atoms with van der Waals surface area (Å²) in [4.78, 5) is 4.75. The zero-order valence-corrected chi connectivity index (χ0v) is 12.9. The topological polar surface area (TPSA) is 27.1 Å². The number of nitrogens with zero attached hydrogens (tertiary/aromatic N) is 2. The molecule has 1 unspecified atom stereocenters. The van der Waals surface area contributed by atoms with Gasteiger partial charge in [-0.25, -0.2) is 4.98 Å². The van der Waals surface area contributed by atoms with Crippen LogP contribution in [0.4, 0.5) is 0 Å². The summed E-state index contributed by atoms with van der Waals surface area (Å²) in [5, 5.41) is -0.0832. The van der Waals surface area contributed by atoms with Crippen molar-refractivity contribution in [2.24, 2.45) is 5.92 Å². The van der Waals surface area contributed by atoms with Crippen LogP contribution in [0.25, 0.3) is 11.0 Å². The molecule has 0 bridgehead atoms. The smallest absolute Gasteiger partial charge is 0.147 e. The Balaban J connectivity index is 2.06. The lowest BCUT2D eigenvalue weighted by Gasteiger charge is -2.09. The van der Waals surface area contributed by atoms with Crippen LogP contribution in [0.2, 0.25) is 0 Å². The van der Waals surface area contributed by atoms with E-state index in [0.29, 0.717) is 0 Å². The number of alkyl halides is 1. The van der Waals surface area contributed by atoms with Crippen molar-refractivity contribution in [1.82, 2.24) is 9.55 Å². The average Bonchev–Trinajstić information content (AvgIpc) is 3.17. The van der Waals surface area contributed by atoms with Crippen molar-refractivity contribution in [2.45, 2.75) is 45.0 Å². The molecule has 0 N–H and O–H groups in total. The van der Waals surface area contributed by atoms with Gasteiger partial charge in [0.05, 0.1) is 17.5 Å². The summed E-state index contributed by atoms with van der Waals surface area (Å²) in [6, 6.07) is 6.16. The molecule has 4 heteroatoms. The fraction of sp³-hybridized carbons (Fsp3) is 0.562. The van der Waals surface area contributed by atoms with Gasteiger partial charge in [-0.1, -0.05) is 13.0 Å². The molecule has 1 aromatic heterocycles. The molecule has 0 aliphatic heterocycles. The van der Waals surface area contributed by atoms with Gasteiger partial charge in [0, 0.05) is 6.54 Å². The zero-order chi connectivity index (χ0) is 14.1. The highest BCUT2D eigenvalue weighted by Gasteiger charge is 2.26. The van der Waals surface area contributed by atoms with E-state index in [1.54, 1.807) is 0 Å². The summed E-state index contributed by atoms with van der Waals surface area (Å²) >= 11 is 6.32. The largest absolute Gasteiger partial charge is 0.491 e. The van der Waals surface area contributed by atoms with Crippen LogP contribution >= 0.6 is 11.6 Å². The van der Waals surface area contributed by atoms with Crippen LogP contribution in [-0.2, 0) is 6.54 Å². The van der Waals surface area contributed by atoms with Crippen LogP contribution in [0.15, 0.2) is 18.2 Å². The lowest BCUT2D eigenvalue weighted by atomic mass is 10.3. The molecule has 3 nitrogen and oxygen atoms in total. The molecule has 1 aliphatic carbocycles. The van der Waals surface area contributed by atoms with E-state index in [4.69, 9.17) is 21.3 Å². The predicted octanol–water partition coefficient (Wildman–Crippen LogP) is 4.53. The fourth-order valence-electron chi connectivity index (χ4n) is 2.52. The Bertz CT molecular complexity index is 602. The predicted molar refractivity (Wildman–Crippen MR) is 82.5 cm³/mol. The second-order valence-electron chi connectivity index (χ2n) is 5.61. The number of imidazole rings is 1. The molecule has 1 aromatic carbocycles. The Morgan fingerprint density at radius 3 is 2.90 bits per heavy atom. The summed E-state index contributed by atoms with van der Waals surface area (Å²) in [5.74, 6) is 2.63. The number of para-hydroxylation sites is 1. The summed E-state index contributed by atoms with van der Waals surface area (Å²) in [7, 11) is 0. The Morgan fingerprint density at radius 1 is 1.45 bits per heavy atom. The van der Waals surface area contributed by atoms with Crippen molar-refractivity contribution >= 4 is 22.6 Å². The molecule has 0 saturated heterocycles. The number of hydrogen-bond acceptors (Lipinski definition) is 2. The number of aromatic nitrogens is 2.